The number of nitrogens with zero attached hydrogens (tertiary/aromatic N) is 3. The zero-order valence-corrected chi connectivity index (χ0v) is 26.5. The van der Waals surface area contributed by atoms with Crippen LogP contribution in [0.4, 0.5) is 27.8 Å². The van der Waals surface area contributed by atoms with Gasteiger partial charge in [0.1, 0.15) is 30.3 Å². The number of nitrogens with one attached hydrogen (secondary N) is 4. The molecule has 1 atom stereocenters. The molecule has 3 aromatic rings. The van der Waals surface area contributed by atoms with Crippen LogP contribution in [0.25, 0.3) is 0 Å². The fraction of sp³-hybridized carbons (Fsp3) is 0.394. The number of aromatic nitrogens is 2. The van der Waals surface area contributed by atoms with E-state index in [1.165, 1.54) is 6.33 Å². The van der Waals surface area contributed by atoms with Crippen molar-refractivity contribution in [3.05, 3.63) is 78.3 Å². The standard InChI is InChI=1S/C33H44N8O4/c1-22(19-27(43-5)33(2,3)4)38-32(42)40-25-8-6-7-24(20-25)39-31-28(30(35)36-21-37-31)29(34)23-9-11-26(12-10-23)45-18-15-41-13-16-44-17-14-41/h6-12,20-21,27,34H,1,13-19H2,2-5H3,(H2,38,40,42)(H3,35,36,37,39). The van der Waals surface area contributed by atoms with Crippen LogP contribution >= 0.6 is 0 Å². The van der Waals surface area contributed by atoms with Gasteiger partial charge in [0, 0.05) is 55.8 Å². The summed E-state index contributed by atoms with van der Waals surface area (Å²) in [6.45, 7) is 14.9. The van der Waals surface area contributed by atoms with Gasteiger partial charge in [-0.25, -0.2) is 14.8 Å². The molecule has 45 heavy (non-hydrogen) atoms. The maximum Gasteiger partial charge on any atom is 0.323 e. The smallest absolute Gasteiger partial charge is 0.323 e. The Morgan fingerprint density at radius 3 is 2.53 bits per heavy atom. The molecule has 0 aliphatic carbocycles. The second kappa shape index (κ2) is 15.5. The molecule has 0 radical (unpaired) electrons. The number of rotatable bonds is 13. The van der Waals surface area contributed by atoms with Crippen molar-refractivity contribution >= 4 is 34.8 Å². The van der Waals surface area contributed by atoms with Gasteiger partial charge in [-0.1, -0.05) is 33.4 Å². The summed E-state index contributed by atoms with van der Waals surface area (Å²) in [5, 5.41) is 17.8. The number of nitrogens with two attached hydrogens (primary N) is 1. The average Bonchev–Trinajstić information content (AvgIpc) is 3.00. The summed E-state index contributed by atoms with van der Waals surface area (Å²) < 4.78 is 16.9. The third kappa shape index (κ3) is 9.73. The third-order valence-electron chi connectivity index (χ3n) is 7.41. The molecule has 2 amide bonds. The van der Waals surface area contributed by atoms with Crippen molar-refractivity contribution < 1.29 is 19.0 Å². The van der Waals surface area contributed by atoms with Crippen molar-refractivity contribution in [1.29, 1.82) is 5.41 Å². The van der Waals surface area contributed by atoms with Crippen LogP contribution in [0, 0.1) is 10.8 Å². The Hall–Kier alpha value is -4.52. The van der Waals surface area contributed by atoms with Crippen molar-refractivity contribution in [2.24, 2.45) is 5.41 Å². The first kappa shape index (κ1) is 33.4. The molecule has 1 unspecified atom stereocenters. The second-order valence-electron chi connectivity index (χ2n) is 11.9. The highest BCUT2D eigenvalue weighted by molar-refractivity contribution is 6.16. The van der Waals surface area contributed by atoms with E-state index in [4.69, 9.17) is 25.4 Å². The van der Waals surface area contributed by atoms with E-state index < -0.39 is 6.03 Å². The molecule has 2 aromatic carbocycles. The Kier molecular flexibility index (Phi) is 11.5. The molecule has 1 saturated heterocycles. The SMILES string of the molecule is C=C(CC(OC)C(C)(C)C)NC(=O)Nc1cccc(Nc2ncnc(N)c2C(=N)c2ccc(OCCN3CCOCC3)cc2)c1. The molecule has 1 fully saturated rings. The van der Waals surface area contributed by atoms with E-state index in [1.54, 1.807) is 25.3 Å². The van der Waals surface area contributed by atoms with Gasteiger partial charge in [-0.2, -0.15) is 0 Å². The predicted molar refractivity (Wildman–Crippen MR) is 177 cm³/mol. The highest BCUT2D eigenvalue weighted by Gasteiger charge is 2.25. The highest BCUT2D eigenvalue weighted by Crippen LogP contribution is 2.28. The minimum absolute atomic E-state index is 0.0945. The number of ether oxygens (including phenoxy) is 3. The van der Waals surface area contributed by atoms with Gasteiger partial charge in [0.05, 0.1) is 30.6 Å². The number of urea groups is 1. The van der Waals surface area contributed by atoms with Crippen LogP contribution in [0.2, 0.25) is 0 Å². The molecule has 6 N–H and O–H groups in total. The van der Waals surface area contributed by atoms with Crippen molar-refractivity contribution in [1.82, 2.24) is 20.2 Å². The molecule has 0 bridgehead atoms. The quantitative estimate of drug-likeness (QED) is 0.166. The maximum absolute atomic E-state index is 12.7. The molecule has 4 rings (SSSR count). The molecular formula is C33H44N8O4. The minimum Gasteiger partial charge on any atom is -0.492 e. The molecule has 240 valence electrons. The molecule has 0 saturated carbocycles. The first-order chi connectivity index (χ1) is 21.5. The number of amides is 2. The van der Waals surface area contributed by atoms with Gasteiger partial charge < -0.3 is 35.9 Å². The summed E-state index contributed by atoms with van der Waals surface area (Å²) in [5.41, 5.74) is 9.03. The van der Waals surface area contributed by atoms with Gasteiger partial charge in [0.2, 0.25) is 0 Å². The van der Waals surface area contributed by atoms with Gasteiger partial charge in [-0.3, -0.25) is 10.3 Å². The summed E-state index contributed by atoms with van der Waals surface area (Å²) in [7, 11) is 1.65. The van der Waals surface area contributed by atoms with Gasteiger partial charge >= 0.3 is 6.03 Å². The predicted octanol–water partition coefficient (Wildman–Crippen LogP) is 5.02. The minimum atomic E-state index is -0.414. The summed E-state index contributed by atoms with van der Waals surface area (Å²) >= 11 is 0. The van der Waals surface area contributed by atoms with E-state index in [1.807, 2.05) is 30.3 Å². The lowest BCUT2D eigenvalue weighted by molar-refractivity contribution is 0.0167. The van der Waals surface area contributed by atoms with Crippen LogP contribution < -0.4 is 26.4 Å². The zero-order valence-electron chi connectivity index (χ0n) is 26.5. The molecule has 1 aromatic heterocycles. The van der Waals surface area contributed by atoms with Crippen LogP contribution in [0.5, 0.6) is 5.75 Å². The monoisotopic (exact) mass is 616 g/mol. The zero-order chi connectivity index (χ0) is 32.4. The Bertz CT molecular complexity index is 1470. The summed E-state index contributed by atoms with van der Waals surface area (Å²) in [6, 6.07) is 14.0. The number of hydrogen-bond acceptors (Lipinski definition) is 10. The number of carbonyl (C=O) groups excluding carboxylic acids is 1. The number of hydrogen-bond donors (Lipinski definition) is 5. The lowest BCUT2D eigenvalue weighted by atomic mass is 9.86. The molecule has 1 aliphatic heterocycles. The number of methoxy groups -OCH3 is 1. The summed E-state index contributed by atoms with van der Waals surface area (Å²) in [6.07, 6.45) is 1.73. The molecule has 1 aliphatic rings. The lowest BCUT2D eigenvalue weighted by Gasteiger charge is -2.30. The number of carbonyl (C=O) groups is 1. The Balaban J connectivity index is 1.38. The van der Waals surface area contributed by atoms with E-state index >= 15 is 0 Å². The maximum atomic E-state index is 12.7. The van der Waals surface area contributed by atoms with E-state index in [9.17, 15) is 4.79 Å². The van der Waals surface area contributed by atoms with Crippen molar-refractivity contribution in [2.75, 3.05) is 62.9 Å². The van der Waals surface area contributed by atoms with Crippen LogP contribution in [0.15, 0.2) is 67.1 Å². The molecule has 0 spiro atoms. The van der Waals surface area contributed by atoms with Crippen LogP contribution in [0.1, 0.15) is 38.3 Å². The summed E-state index contributed by atoms with van der Waals surface area (Å²) in [4.78, 5) is 23.5. The van der Waals surface area contributed by atoms with Gasteiger partial charge in [0.15, 0.2) is 0 Å². The van der Waals surface area contributed by atoms with E-state index in [0.717, 1.165) is 38.6 Å². The second-order valence-corrected chi connectivity index (χ2v) is 11.9. The Labute approximate surface area is 264 Å². The van der Waals surface area contributed by atoms with Gasteiger partial charge in [-0.05, 0) is 47.9 Å². The highest BCUT2D eigenvalue weighted by atomic mass is 16.5. The Morgan fingerprint density at radius 2 is 1.84 bits per heavy atom. The Morgan fingerprint density at radius 1 is 1.13 bits per heavy atom. The van der Waals surface area contributed by atoms with Crippen LogP contribution in [-0.4, -0.2) is 79.3 Å². The van der Waals surface area contributed by atoms with E-state index in [-0.39, 0.29) is 23.0 Å². The van der Waals surface area contributed by atoms with E-state index in [0.29, 0.717) is 47.0 Å². The van der Waals surface area contributed by atoms with Gasteiger partial charge in [0.25, 0.3) is 0 Å². The lowest BCUT2D eigenvalue weighted by Crippen LogP contribution is -2.38. The summed E-state index contributed by atoms with van der Waals surface area (Å²) in [5.74, 6) is 1.25. The first-order valence-corrected chi connectivity index (χ1v) is 14.9. The topological polar surface area (TPSA) is 160 Å². The molecular weight excluding hydrogens is 572 g/mol. The normalized spacial score (nSPS) is 14.3. The van der Waals surface area contributed by atoms with Crippen molar-refractivity contribution in [3.8, 4) is 5.75 Å². The third-order valence-corrected chi connectivity index (χ3v) is 7.41. The first-order valence-electron chi connectivity index (χ1n) is 14.9. The largest absolute Gasteiger partial charge is 0.492 e. The molecule has 12 heteroatoms. The van der Waals surface area contributed by atoms with Crippen LogP contribution in [0.3, 0.4) is 0 Å². The number of anilines is 4. The molecule has 12 nitrogen and oxygen atoms in total. The average molecular weight is 617 g/mol. The number of morpholine rings is 1. The molecule has 2 heterocycles. The number of nitrogen functional groups attached to an aromatic ring is 1. The fourth-order valence-corrected chi connectivity index (χ4v) is 4.87. The van der Waals surface area contributed by atoms with Crippen molar-refractivity contribution in [3.63, 3.8) is 0 Å². The number of benzene rings is 2. The van der Waals surface area contributed by atoms with Gasteiger partial charge in [-0.15, -0.1) is 0 Å². The fourth-order valence-electron chi connectivity index (χ4n) is 4.87. The van der Waals surface area contributed by atoms with Crippen molar-refractivity contribution in [2.45, 2.75) is 33.3 Å². The van der Waals surface area contributed by atoms with Crippen LogP contribution in [-0.2, 0) is 9.47 Å². The van der Waals surface area contributed by atoms with E-state index in [2.05, 4.69) is 58.2 Å².